The first-order valence-electron chi connectivity index (χ1n) is 5.72. The van der Waals surface area contributed by atoms with Crippen molar-refractivity contribution in [2.24, 2.45) is 0 Å². The van der Waals surface area contributed by atoms with Crippen molar-refractivity contribution >= 4 is 22.2 Å². The Balaban J connectivity index is 2.23. The highest BCUT2D eigenvalue weighted by atomic mass is 32.2. The molecule has 2 rings (SSSR count). The first-order valence-corrected chi connectivity index (χ1v) is 6.87. The van der Waals surface area contributed by atoms with Gasteiger partial charge < -0.3 is 10.6 Å². The molecule has 2 N–H and O–H groups in total. The smallest absolute Gasteiger partial charge is 0.0849 e. The Kier molecular flexibility index (Phi) is 3.99. The van der Waals surface area contributed by atoms with Crippen molar-refractivity contribution < 1.29 is 4.21 Å². The van der Waals surface area contributed by atoms with Crippen LogP contribution in [0, 0.1) is 0 Å². The Morgan fingerprint density at radius 3 is 1.33 bits per heavy atom. The van der Waals surface area contributed by atoms with Crippen LogP contribution in [0.2, 0.25) is 0 Å². The summed E-state index contributed by atoms with van der Waals surface area (Å²) in [4.78, 5) is 1.62. The largest absolute Gasteiger partial charge is 0.388 e. The van der Waals surface area contributed by atoms with Crippen LogP contribution in [0.5, 0.6) is 0 Å². The average molecular weight is 260 g/mol. The topological polar surface area (TPSA) is 41.1 Å². The minimum absolute atomic E-state index is 0.811. The maximum atomic E-state index is 12.3. The Labute approximate surface area is 110 Å². The molecule has 2 aromatic rings. The van der Waals surface area contributed by atoms with E-state index in [0.29, 0.717) is 0 Å². The van der Waals surface area contributed by atoms with Gasteiger partial charge in [0.05, 0.1) is 10.8 Å². The predicted molar refractivity (Wildman–Crippen MR) is 76.7 cm³/mol. The number of hydrogen-bond acceptors (Lipinski definition) is 3. The molecule has 0 spiro atoms. The van der Waals surface area contributed by atoms with Gasteiger partial charge in [-0.1, -0.05) is 0 Å². The van der Waals surface area contributed by atoms with Crippen molar-refractivity contribution in [3.05, 3.63) is 48.5 Å². The average Bonchev–Trinajstić information content (AvgIpc) is 2.47. The normalized spacial score (nSPS) is 10.4. The molecule has 0 atom stereocenters. The summed E-state index contributed by atoms with van der Waals surface area (Å²) >= 11 is 0. The second-order valence-corrected chi connectivity index (χ2v) is 5.30. The van der Waals surface area contributed by atoms with Crippen molar-refractivity contribution in [2.75, 3.05) is 24.7 Å². The summed E-state index contributed by atoms with van der Waals surface area (Å²) in [6.45, 7) is 0. The van der Waals surface area contributed by atoms with E-state index >= 15 is 0 Å². The van der Waals surface area contributed by atoms with E-state index in [2.05, 4.69) is 10.6 Å². The van der Waals surface area contributed by atoms with Gasteiger partial charge in [0.2, 0.25) is 0 Å². The van der Waals surface area contributed by atoms with E-state index in [1.54, 1.807) is 0 Å². The fourth-order valence-corrected chi connectivity index (χ4v) is 2.67. The van der Waals surface area contributed by atoms with Crippen molar-refractivity contribution in [3.63, 3.8) is 0 Å². The molecule has 0 aromatic heterocycles. The van der Waals surface area contributed by atoms with Crippen LogP contribution in [0.3, 0.4) is 0 Å². The molecule has 4 heteroatoms. The highest BCUT2D eigenvalue weighted by Crippen LogP contribution is 2.19. The summed E-state index contributed by atoms with van der Waals surface area (Å²) in [6.07, 6.45) is 0. The molecule has 94 valence electrons. The van der Waals surface area contributed by atoms with Crippen LogP contribution < -0.4 is 10.6 Å². The molecule has 0 fully saturated rings. The summed E-state index contributed by atoms with van der Waals surface area (Å²) in [7, 11) is 2.60. The van der Waals surface area contributed by atoms with Gasteiger partial charge in [0.15, 0.2) is 0 Å². The van der Waals surface area contributed by atoms with E-state index in [0.717, 1.165) is 21.2 Å². The van der Waals surface area contributed by atoms with Crippen molar-refractivity contribution in [2.45, 2.75) is 9.79 Å². The monoisotopic (exact) mass is 260 g/mol. The van der Waals surface area contributed by atoms with Crippen LogP contribution in [0.4, 0.5) is 11.4 Å². The van der Waals surface area contributed by atoms with Gasteiger partial charge in [-0.25, -0.2) is 4.21 Å². The Morgan fingerprint density at radius 2 is 1.06 bits per heavy atom. The number of anilines is 2. The zero-order valence-corrected chi connectivity index (χ0v) is 11.3. The minimum Gasteiger partial charge on any atom is -0.388 e. The second kappa shape index (κ2) is 5.69. The van der Waals surface area contributed by atoms with Crippen molar-refractivity contribution in [3.8, 4) is 0 Å². The van der Waals surface area contributed by atoms with E-state index < -0.39 is 10.8 Å². The SMILES string of the molecule is CNc1ccc(S(=O)c2ccc(NC)cc2)cc1. The van der Waals surface area contributed by atoms with E-state index in [9.17, 15) is 4.21 Å². The number of rotatable bonds is 4. The van der Waals surface area contributed by atoms with E-state index in [-0.39, 0.29) is 0 Å². The summed E-state index contributed by atoms with van der Waals surface area (Å²) in [5.41, 5.74) is 2.03. The molecular formula is C14H16N2OS. The molecule has 0 radical (unpaired) electrons. The molecule has 0 amide bonds. The maximum Gasteiger partial charge on any atom is 0.0849 e. The van der Waals surface area contributed by atoms with Gasteiger partial charge in [-0.15, -0.1) is 0 Å². The lowest BCUT2D eigenvalue weighted by atomic mass is 10.3. The highest BCUT2D eigenvalue weighted by Gasteiger charge is 2.06. The lowest BCUT2D eigenvalue weighted by Crippen LogP contribution is -1.95. The third-order valence-electron chi connectivity index (χ3n) is 2.71. The van der Waals surface area contributed by atoms with Gasteiger partial charge in [0.25, 0.3) is 0 Å². The van der Waals surface area contributed by atoms with Gasteiger partial charge in [0, 0.05) is 35.3 Å². The predicted octanol–water partition coefficient (Wildman–Crippen LogP) is 2.94. The summed E-state index contributed by atoms with van der Waals surface area (Å²) < 4.78 is 12.3. The van der Waals surface area contributed by atoms with E-state index in [1.807, 2.05) is 62.6 Å². The molecule has 0 saturated heterocycles. The maximum absolute atomic E-state index is 12.3. The Hall–Kier alpha value is -1.81. The quantitative estimate of drug-likeness (QED) is 0.888. The van der Waals surface area contributed by atoms with Gasteiger partial charge in [-0.05, 0) is 48.5 Å². The van der Waals surface area contributed by atoms with Gasteiger partial charge in [-0.2, -0.15) is 0 Å². The summed E-state index contributed by atoms with van der Waals surface area (Å²) in [6, 6.07) is 15.2. The van der Waals surface area contributed by atoms with Crippen molar-refractivity contribution in [1.29, 1.82) is 0 Å². The first kappa shape index (κ1) is 12.6. The van der Waals surface area contributed by atoms with Crippen LogP contribution in [-0.4, -0.2) is 18.3 Å². The minimum atomic E-state index is -1.12. The van der Waals surface area contributed by atoms with E-state index in [1.165, 1.54) is 0 Å². The van der Waals surface area contributed by atoms with Crippen LogP contribution in [0.25, 0.3) is 0 Å². The molecule has 2 aromatic carbocycles. The molecular weight excluding hydrogens is 244 g/mol. The van der Waals surface area contributed by atoms with Crippen LogP contribution in [0.1, 0.15) is 0 Å². The molecule has 0 saturated carbocycles. The zero-order valence-electron chi connectivity index (χ0n) is 10.4. The highest BCUT2D eigenvalue weighted by molar-refractivity contribution is 7.85. The third-order valence-corrected chi connectivity index (χ3v) is 4.11. The zero-order chi connectivity index (χ0) is 13.0. The Bertz CT molecular complexity index is 485. The molecule has 0 aliphatic carbocycles. The lowest BCUT2D eigenvalue weighted by molar-refractivity contribution is 0.683. The molecule has 3 nitrogen and oxygen atoms in total. The summed E-state index contributed by atoms with van der Waals surface area (Å²) in [5.74, 6) is 0. The summed E-state index contributed by atoms with van der Waals surface area (Å²) in [5, 5.41) is 6.08. The number of benzene rings is 2. The first-order chi connectivity index (χ1) is 8.74. The third kappa shape index (κ3) is 2.71. The molecule has 0 heterocycles. The fourth-order valence-electron chi connectivity index (χ4n) is 1.63. The number of nitrogens with one attached hydrogen (secondary N) is 2. The number of hydrogen-bond donors (Lipinski definition) is 2. The molecule has 0 unspecified atom stereocenters. The van der Waals surface area contributed by atoms with Crippen LogP contribution in [-0.2, 0) is 10.8 Å². The van der Waals surface area contributed by atoms with Gasteiger partial charge >= 0.3 is 0 Å². The standard InChI is InChI=1S/C14H16N2OS/c1-15-11-3-7-13(8-4-11)18(17)14-9-5-12(16-2)6-10-14/h3-10,15-16H,1-2H3. The molecule has 18 heavy (non-hydrogen) atoms. The second-order valence-electron chi connectivity index (χ2n) is 3.82. The molecule has 0 aliphatic heterocycles. The van der Waals surface area contributed by atoms with Gasteiger partial charge in [0.1, 0.15) is 0 Å². The fraction of sp³-hybridized carbons (Fsp3) is 0.143. The van der Waals surface area contributed by atoms with Crippen molar-refractivity contribution in [1.82, 2.24) is 0 Å². The molecule has 0 bridgehead atoms. The lowest BCUT2D eigenvalue weighted by Gasteiger charge is -2.05. The van der Waals surface area contributed by atoms with E-state index in [4.69, 9.17) is 0 Å². The molecule has 0 aliphatic rings. The van der Waals surface area contributed by atoms with Crippen LogP contribution in [0.15, 0.2) is 58.3 Å². The van der Waals surface area contributed by atoms with Crippen LogP contribution >= 0.6 is 0 Å². The Morgan fingerprint density at radius 1 is 0.722 bits per heavy atom. The van der Waals surface area contributed by atoms with Gasteiger partial charge in [-0.3, -0.25) is 0 Å².